The molecule has 2 aliphatic heterocycles. The second kappa shape index (κ2) is 22.9. The van der Waals surface area contributed by atoms with Gasteiger partial charge in [0.15, 0.2) is 0 Å². The molecule has 18 aromatic rings. The minimum atomic E-state index is -0.532. The zero-order valence-corrected chi connectivity index (χ0v) is 59.0. The third-order valence-corrected chi connectivity index (χ3v) is 23.6. The molecule has 0 N–H and O–H groups in total. The van der Waals surface area contributed by atoms with E-state index in [0.29, 0.717) is 0 Å². The number of para-hydroxylation sites is 5. The van der Waals surface area contributed by atoms with Crippen LogP contribution in [-0.4, -0.2) is 15.8 Å². The molecular weight excluding hydrogens is 1280 g/mol. The van der Waals surface area contributed by atoms with E-state index in [1.54, 1.807) is 0 Å². The molecule has 0 saturated heterocycles. The molecule has 16 aromatic carbocycles. The summed E-state index contributed by atoms with van der Waals surface area (Å²) in [5.74, 6) is 0. The fourth-order valence-corrected chi connectivity index (χ4v) is 19.2. The topological polar surface area (TPSA) is 16.3 Å². The Labute approximate surface area is 617 Å². The predicted octanol–water partition coefficient (Wildman–Crippen LogP) is 24.3. The first-order valence-corrected chi connectivity index (χ1v) is 37.2. The van der Waals surface area contributed by atoms with Crippen molar-refractivity contribution >= 4 is 101 Å². The van der Waals surface area contributed by atoms with Gasteiger partial charge in [-0.1, -0.05) is 318 Å². The van der Waals surface area contributed by atoms with Crippen molar-refractivity contribution in [3.05, 3.63) is 392 Å². The highest BCUT2D eigenvalue weighted by Crippen LogP contribution is 2.64. The summed E-state index contributed by atoms with van der Waals surface area (Å²) >= 11 is 0. The first-order chi connectivity index (χ1) is 52.3. The molecule has 5 heteroatoms. The number of hydrogen-bond acceptors (Lipinski definition) is 2. The van der Waals surface area contributed by atoms with Gasteiger partial charge in [-0.05, 0) is 161 Å². The van der Waals surface area contributed by atoms with Crippen LogP contribution in [0.4, 0.5) is 34.1 Å². The zero-order chi connectivity index (χ0) is 70.1. The van der Waals surface area contributed by atoms with Gasteiger partial charge in [-0.15, -0.1) is 0 Å². The number of benzene rings is 16. The van der Waals surface area contributed by atoms with Crippen LogP contribution in [0.3, 0.4) is 0 Å². The Hall–Kier alpha value is -13.2. The average Bonchev–Trinajstić information content (AvgIpc) is 1.39. The maximum Gasteiger partial charge on any atom is 0.252 e. The lowest BCUT2D eigenvalue weighted by Gasteiger charge is -2.46. The van der Waals surface area contributed by atoms with Gasteiger partial charge in [0, 0.05) is 77.9 Å². The van der Waals surface area contributed by atoms with Crippen LogP contribution >= 0.6 is 0 Å². The Balaban J connectivity index is 0.882. The molecule has 0 unspecified atom stereocenters. The van der Waals surface area contributed by atoms with E-state index in [4.69, 9.17) is 0 Å². The predicted molar refractivity (Wildman–Crippen MR) is 446 cm³/mol. The Bertz CT molecular complexity index is 6480. The highest BCUT2D eigenvalue weighted by Gasteiger charge is 2.52. The van der Waals surface area contributed by atoms with Crippen LogP contribution in [0.5, 0.6) is 0 Å². The van der Waals surface area contributed by atoms with Gasteiger partial charge in [-0.2, -0.15) is 0 Å². The van der Waals surface area contributed by atoms with Gasteiger partial charge in [0.1, 0.15) is 0 Å². The number of anilines is 6. The maximum atomic E-state index is 2.72. The van der Waals surface area contributed by atoms with Gasteiger partial charge in [-0.25, -0.2) is 0 Å². The van der Waals surface area contributed by atoms with Gasteiger partial charge >= 0.3 is 0 Å². The lowest BCUT2D eigenvalue weighted by Crippen LogP contribution is -2.61. The monoisotopic (exact) mass is 1350 g/mol. The third-order valence-electron chi connectivity index (χ3n) is 23.6. The number of rotatable bonds is 8. The SMILES string of the molecule is CC(C)(C)c1cc2c3c(c1)N(c1c(-c4ccccc4)cccc1-c1ccccc1)c1cc(-n4c5ccccc5c5cc6c(cc54)C4(c5ccccc5-c5ccccc54)c4ccccc4-6)ccc1B3c1ccc(-n3c4ccccc4c4ccccc43)cc1N2c1c(-c2ccccc2)cccc1-c1ccccc1. The quantitative estimate of drug-likeness (QED) is 0.141. The van der Waals surface area contributed by atoms with Crippen LogP contribution in [0.1, 0.15) is 48.6 Å². The van der Waals surface area contributed by atoms with E-state index in [9.17, 15) is 0 Å². The normalized spacial score (nSPS) is 13.4. The molecule has 22 rings (SSSR count). The minimum Gasteiger partial charge on any atom is -0.310 e. The molecule has 4 nitrogen and oxygen atoms in total. The third kappa shape index (κ3) is 8.54. The molecule has 2 aromatic heterocycles. The van der Waals surface area contributed by atoms with Crippen molar-refractivity contribution in [1.82, 2.24) is 9.13 Å². The van der Waals surface area contributed by atoms with E-state index in [1.165, 1.54) is 105 Å². The van der Waals surface area contributed by atoms with E-state index in [1.807, 2.05) is 0 Å². The Morgan fingerprint density at radius 2 is 0.594 bits per heavy atom. The number of hydrogen-bond donors (Lipinski definition) is 0. The smallest absolute Gasteiger partial charge is 0.252 e. The summed E-state index contributed by atoms with van der Waals surface area (Å²) in [6, 6.07) is 138. The Kier molecular flexibility index (Phi) is 13.0. The summed E-state index contributed by atoms with van der Waals surface area (Å²) in [4.78, 5) is 5.41. The number of fused-ring (bicyclic) bond motifs is 20. The largest absolute Gasteiger partial charge is 0.310 e. The molecule has 1 spiro atoms. The molecular formula is C101H69BN4. The maximum absolute atomic E-state index is 2.72. The molecule has 0 amide bonds. The van der Waals surface area contributed by atoms with E-state index in [0.717, 1.165) is 95.5 Å². The van der Waals surface area contributed by atoms with Crippen molar-refractivity contribution in [2.45, 2.75) is 31.6 Å². The summed E-state index contributed by atoms with van der Waals surface area (Å²) < 4.78 is 5.10. The van der Waals surface area contributed by atoms with E-state index >= 15 is 0 Å². The van der Waals surface area contributed by atoms with Crippen molar-refractivity contribution in [1.29, 1.82) is 0 Å². The summed E-state index contributed by atoms with van der Waals surface area (Å²) in [7, 11) is 0. The minimum absolute atomic E-state index is 0.242. The number of aromatic nitrogens is 2. The molecule has 0 radical (unpaired) electrons. The van der Waals surface area contributed by atoms with E-state index in [2.05, 4.69) is 404 Å². The second-order valence-corrected chi connectivity index (χ2v) is 30.2. The van der Waals surface area contributed by atoms with Crippen molar-refractivity contribution in [2.24, 2.45) is 0 Å². The van der Waals surface area contributed by atoms with Crippen LogP contribution in [0.15, 0.2) is 364 Å². The van der Waals surface area contributed by atoms with Gasteiger partial charge in [0.2, 0.25) is 0 Å². The van der Waals surface area contributed by atoms with Crippen LogP contribution in [0, 0.1) is 0 Å². The lowest BCUT2D eigenvalue weighted by atomic mass is 9.33. The number of nitrogens with zero attached hydrogens (tertiary/aromatic N) is 4. The molecule has 496 valence electrons. The van der Waals surface area contributed by atoms with Gasteiger partial charge in [-0.3, -0.25) is 0 Å². The Morgan fingerprint density at radius 3 is 1.00 bits per heavy atom. The van der Waals surface area contributed by atoms with Crippen LogP contribution in [-0.2, 0) is 10.8 Å². The molecule has 0 saturated carbocycles. The summed E-state index contributed by atoms with van der Waals surface area (Å²) in [6.07, 6.45) is 0. The van der Waals surface area contributed by atoms with Crippen molar-refractivity contribution in [3.63, 3.8) is 0 Å². The highest BCUT2D eigenvalue weighted by molar-refractivity contribution is 7.00. The molecule has 0 bridgehead atoms. The molecule has 4 aliphatic rings. The summed E-state index contributed by atoms with van der Waals surface area (Å²) in [6.45, 7) is 6.94. The van der Waals surface area contributed by atoms with Gasteiger partial charge < -0.3 is 18.9 Å². The van der Waals surface area contributed by atoms with E-state index in [-0.39, 0.29) is 12.1 Å². The lowest BCUT2D eigenvalue weighted by molar-refractivity contribution is 0.590. The Morgan fingerprint density at radius 1 is 0.255 bits per heavy atom. The summed E-state index contributed by atoms with van der Waals surface area (Å²) in [5.41, 5.74) is 37.4. The fraction of sp³-hybridized carbons (Fsp3) is 0.0495. The molecule has 0 fully saturated rings. The molecule has 2 aliphatic carbocycles. The van der Waals surface area contributed by atoms with Gasteiger partial charge in [0.05, 0.1) is 38.9 Å². The molecule has 106 heavy (non-hydrogen) atoms. The van der Waals surface area contributed by atoms with Crippen molar-refractivity contribution in [3.8, 4) is 78.1 Å². The van der Waals surface area contributed by atoms with Gasteiger partial charge in [0.25, 0.3) is 6.71 Å². The fourth-order valence-electron chi connectivity index (χ4n) is 19.2. The molecule has 0 atom stereocenters. The van der Waals surface area contributed by atoms with E-state index < -0.39 is 5.41 Å². The molecule has 4 heterocycles. The zero-order valence-electron chi connectivity index (χ0n) is 59.0. The van der Waals surface area contributed by atoms with Crippen LogP contribution in [0.2, 0.25) is 0 Å². The van der Waals surface area contributed by atoms with Crippen molar-refractivity contribution in [2.75, 3.05) is 9.80 Å². The van der Waals surface area contributed by atoms with Crippen LogP contribution in [0.25, 0.3) is 122 Å². The van der Waals surface area contributed by atoms with Crippen molar-refractivity contribution < 1.29 is 0 Å². The standard InChI is InChI=1S/C101H69BN4/c1-100(2,3)68-58-95-97-96(59-68)106(99-73(66-34-12-6-13-35-66)46-29-47-74(99)67-36-14-7-15-37-67)94-61-70(104-91-53-27-21-43-80(91)82-62-81-77-40-18-24-50-85(77)101(86(81)63-92(82)104)83-48-22-16-38-75(83)76-39-17-23-49-84(76)101)55-57-88(94)102(97)87-56-54-69(103-89-51-25-19-41-78(89)79-42-20-26-52-90(79)103)60-93(87)105(95)98-71(64-30-8-4-9-31-64)44-28-45-72(98)65-32-10-5-11-33-65/h4-63H,1-3H3. The first kappa shape index (κ1) is 60.4. The second-order valence-electron chi connectivity index (χ2n) is 30.2. The first-order valence-electron chi connectivity index (χ1n) is 37.2. The average molecular weight is 1350 g/mol. The summed E-state index contributed by atoms with van der Waals surface area (Å²) in [5, 5.41) is 4.91. The highest BCUT2D eigenvalue weighted by atomic mass is 15.2. The van der Waals surface area contributed by atoms with Crippen LogP contribution < -0.4 is 26.2 Å².